The summed E-state index contributed by atoms with van der Waals surface area (Å²) in [5.41, 5.74) is 1.38. The van der Waals surface area contributed by atoms with Gasteiger partial charge in [0.2, 0.25) is 0 Å². The largest absolute Gasteiger partial charge is 0.382 e. The van der Waals surface area contributed by atoms with E-state index in [0.29, 0.717) is 5.92 Å². The van der Waals surface area contributed by atoms with Crippen LogP contribution in [0, 0.1) is 0 Å². The molecule has 1 unspecified atom stereocenters. The predicted molar refractivity (Wildman–Crippen MR) is 80.9 cm³/mol. The fourth-order valence-corrected chi connectivity index (χ4v) is 2.42. The van der Waals surface area contributed by atoms with Gasteiger partial charge in [-0.3, -0.25) is 0 Å². The van der Waals surface area contributed by atoms with E-state index in [9.17, 15) is 0 Å². The zero-order valence-electron chi connectivity index (χ0n) is 11.7. The third-order valence-electron chi connectivity index (χ3n) is 3.62. The Bertz CT molecular complexity index is 362. The van der Waals surface area contributed by atoms with Crippen LogP contribution in [0.3, 0.4) is 0 Å². The van der Waals surface area contributed by atoms with Gasteiger partial charge in [0.1, 0.15) is 0 Å². The molecule has 106 valence electrons. The number of hydrogen-bond acceptors (Lipinski definition) is 2. The Hall–Kier alpha value is -0.570. The summed E-state index contributed by atoms with van der Waals surface area (Å²) < 4.78 is 5.44. The minimum Gasteiger partial charge on any atom is -0.382 e. The van der Waals surface area contributed by atoms with Gasteiger partial charge in [0.25, 0.3) is 0 Å². The SMILES string of the molecule is CCOCCCC(CNC1CC1)c1ccc(Cl)cc1. The molecule has 2 nitrogen and oxygen atoms in total. The highest BCUT2D eigenvalue weighted by Gasteiger charge is 2.22. The maximum absolute atomic E-state index is 5.96. The van der Waals surface area contributed by atoms with Crippen molar-refractivity contribution in [3.8, 4) is 0 Å². The minimum absolute atomic E-state index is 0.568. The normalized spacial score (nSPS) is 16.5. The summed E-state index contributed by atoms with van der Waals surface area (Å²) >= 11 is 5.96. The summed E-state index contributed by atoms with van der Waals surface area (Å²) in [6.07, 6.45) is 4.97. The second kappa shape index (κ2) is 7.88. The van der Waals surface area contributed by atoms with Gasteiger partial charge in [-0.1, -0.05) is 23.7 Å². The fraction of sp³-hybridized carbons (Fsp3) is 0.625. The molecule has 1 aromatic rings. The van der Waals surface area contributed by atoms with Gasteiger partial charge in [-0.2, -0.15) is 0 Å². The molecule has 0 saturated heterocycles. The van der Waals surface area contributed by atoms with Gasteiger partial charge in [-0.15, -0.1) is 0 Å². The van der Waals surface area contributed by atoms with Crippen LogP contribution in [0.4, 0.5) is 0 Å². The molecule has 1 saturated carbocycles. The summed E-state index contributed by atoms with van der Waals surface area (Å²) in [6, 6.07) is 9.05. The first-order valence-electron chi connectivity index (χ1n) is 7.36. The topological polar surface area (TPSA) is 21.3 Å². The van der Waals surface area contributed by atoms with E-state index in [4.69, 9.17) is 16.3 Å². The molecular weight excluding hydrogens is 258 g/mol. The smallest absolute Gasteiger partial charge is 0.0466 e. The highest BCUT2D eigenvalue weighted by Crippen LogP contribution is 2.25. The van der Waals surface area contributed by atoms with Crippen LogP contribution in [0.1, 0.15) is 44.1 Å². The third kappa shape index (κ3) is 5.52. The molecular formula is C16H24ClNO. The molecule has 0 amide bonds. The number of ether oxygens (including phenoxy) is 1. The van der Waals surface area contributed by atoms with Crippen molar-refractivity contribution in [3.05, 3.63) is 34.9 Å². The Labute approximate surface area is 121 Å². The van der Waals surface area contributed by atoms with Gasteiger partial charge >= 0.3 is 0 Å². The summed E-state index contributed by atoms with van der Waals surface area (Å²) in [5, 5.41) is 4.45. The fourth-order valence-electron chi connectivity index (χ4n) is 2.29. The highest BCUT2D eigenvalue weighted by atomic mass is 35.5. The Morgan fingerprint density at radius 3 is 2.68 bits per heavy atom. The van der Waals surface area contributed by atoms with Crippen LogP contribution in [-0.2, 0) is 4.74 Å². The van der Waals surface area contributed by atoms with Crippen molar-refractivity contribution in [2.45, 2.75) is 44.6 Å². The average molecular weight is 282 g/mol. The number of benzene rings is 1. The third-order valence-corrected chi connectivity index (χ3v) is 3.87. The van der Waals surface area contributed by atoms with Crippen LogP contribution in [0.5, 0.6) is 0 Å². The molecule has 1 aliphatic carbocycles. The monoisotopic (exact) mass is 281 g/mol. The van der Waals surface area contributed by atoms with Crippen LogP contribution in [0.25, 0.3) is 0 Å². The van der Waals surface area contributed by atoms with E-state index in [1.54, 1.807) is 0 Å². The molecule has 0 spiro atoms. The van der Waals surface area contributed by atoms with Gasteiger partial charge in [0.15, 0.2) is 0 Å². The van der Waals surface area contributed by atoms with Gasteiger partial charge in [-0.05, 0) is 56.2 Å². The van der Waals surface area contributed by atoms with Crippen molar-refractivity contribution in [1.29, 1.82) is 0 Å². The first-order chi connectivity index (χ1) is 9.29. The maximum atomic E-state index is 5.96. The summed E-state index contributed by atoms with van der Waals surface area (Å²) in [4.78, 5) is 0. The molecule has 1 aliphatic rings. The first kappa shape index (κ1) is 14.8. The highest BCUT2D eigenvalue weighted by molar-refractivity contribution is 6.30. The number of halogens is 1. The predicted octanol–water partition coefficient (Wildman–Crippen LogP) is 3.99. The van der Waals surface area contributed by atoms with Gasteiger partial charge in [0.05, 0.1) is 0 Å². The molecule has 2 rings (SSSR count). The standard InChI is InChI=1S/C16H24ClNO/c1-2-19-11-3-4-14(12-18-16-9-10-16)13-5-7-15(17)8-6-13/h5-8,14,16,18H,2-4,9-12H2,1H3. The van der Waals surface area contributed by atoms with Crippen LogP contribution >= 0.6 is 11.6 Å². The van der Waals surface area contributed by atoms with Gasteiger partial charge in [0, 0.05) is 30.8 Å². The van der Waals surface area contributed by atoms with Gasteiger partial charge < -0.3 is 10.1 Å². The van der Waals surface area contributed by atoms with Crippen molar-refractivity contribution < 1.29 is 4.74 Å². The van der Waals surface area contributed by atoms with E-state index >= 15 is 0 Å². The molecule has 1 atom stereocenters. The summed E-state index contributed by atoms with van der Waals surface area (Å²) in [7, 11) is 0. The lowest BCUT2D eigenvalue weighted by Gasteiger charge is -2.18. The van der Waals surface area contributed by atoms with Crippen molar-refractivity contribution in [2.75, 3.05) is 19.8 Å². The lowest BCUT2D eigenvalue weighted by Crippen LogP contribution is -2.23. The molecule has 3 heteroatoms. The van der Waals surface area contributed by atoms with Gasteiger partial charge in [-0.25, -0.2) is 0 Å². The molecule has 19 heavy (non-hydrogen) atoms. The lowest BCUT2D eigenvalue weighted by molar-refractivity contribution is 0.141. The van der Waals surface area contributed by atoms with Crippen LogP contribution in [0.2, 0.25) is 5.02 Å². The Morgan fingerprint density at radius 2 is 2.05 bits per heavy atom. The van der Waals surface area contributed by atoms with E-state index in [-0.39, 0.29) is 0 Å². The van der Waals surface area contributed by atoms with Crippen LogP contribution in [-0.4, -0.2) is 25.8 Å². The van der Waals surface area contributed by atoms with E-state index in [1.165, 1.54) is 24.8 Å². The van der Waals surface area contributed by atoms with E-state index in [2.05, 4.69) is 17.4 Å². The molecule has 0 radical (unpaired) electrons. The maximum Gasteiger partial charge on any atom is 0.0466 e. The van der Waals surface area contributed by atoms with E-state index < -0.39 is 0 Å². The Balaban J connectivity index is 1.85. The zero-order chi connectivity index (χ0) is 13.5. The minimum atomic E-state index is 0.568. The molecule has 0 aliphatic heterocycles. The second-order valence-corrected chi connectivity index (χ2v) is 5.71. The van der Waals surface area contributed by atoms with E-state index in [0.717, 1.165) is 37.2 Å². The molecule has 1 fully saturated rings. The summed E-state index contributed by atoms with van der Waals surface area (Å²) in [6.45, 7) is 4.79. The molecule has 1 N–H and O–H groups in total. The Morgan fingerprint density at radius 1 is 1.32 bits per heavy atom. The number of rotatable bonds is 9. The molecule has 0 heterocycles. The second-order valence-electron chi connectivity index (χ2n) is 5.27. The lowest BCUT2D eigenvalue weighted by atomic mass is 9.94. The Kier molecular flexibility index (Phi) is 6.15. The molecule has 0 bridgehead atoms. The van der Waals surface area contributed by atoms with E-state index in [1.807, 2.05) is 19.1 Å². The van der Waals surface area contributed by atoms with Crippen molar-refractivity contribution in [2.24, 2.45) is 0 Å². The zero-order valence-corrected chi connectivity index (χ0v) is 12.5. The number of hydrogen-bond donors (Lipinski definition) is 1. The summed E-state index contributed by atoms with van der Waals surface area (Å²) in [5.74, 6) is 0.568. The van der Waals surface area contributed by atoms with Crippen molar-refractivity contribution >= 4 is 11.6 Å². The average Bonchev–Trinajstić information content (AvgIpc) is 3.23. The number of nitrogens with one attached hydrogen (secondary N) is 1. The van der Waals surface area contributed by atoms with Crippen LogP contribution < -0.4 is 5.32 Å². The van der Waals surface area contributed by atoms with Crippen LogP contribution in [0.15, 0.2) is 24.3 Å². The first-order valence-corrected chi connectivity index (χ1v) is 7.74. The van der Waals surface area contributed by atoms with Crippen molar-refractivity contribution in [1.82, 2.24) is 5.32 Å². The van der Waals surface area contributed by atoms with Crippen molar-refractivity contribution in [3.63, 3.8) is 0 Å². The molecule has 1 aromatic carbocycles. The molecule has 0 aromatic heterocycles. The quantitative estimate of drug-likeness (QED) is 0.691.